The molecule has 4 N–H and O–H groups in total. The van der Waals surface area contributed by atoms with Gasteiger partial charge in [0.25, 0.3) is 0 Å². The minimum absolute atomic E-state index is 0.419. The third-order valence-corrected chi connectivity index (χ3v) is 13.2. The van der Waals surface area contributed by atoms with Gasteiger partial charge in [0.05, 0.1) is 11.4 Å². The molecule has 0 amide bonds. The topological polar surface area (TPSA) is 248 Å². The van der Waals surface area contributed by atoms with Crippen molar-refractivity contribution in [2.24, 2.45) is 0 Å². The van der Waals surface area contributed by atoms with Crippen molar-refractivity contribution >= 4 is 100 Å². The smallest absolute Gasteiger partial charge is 0.346 e. The van der Waals surface area contributed by atoms with Crippen molar-refractivity contribution in [2.45, 2.75) is 16.7 Å². The quantitative estimate of drug-likeness (QED) is 0.0424. The molecule has 0 unspecified atom stereocenters. The number of carbonyl (C=O) groups is 4. The highest BCUT2D eigenvalue weighted by Crippen LogP contribution is 2.52. The van der Waals surface area contributed by atoms with Gasteiger partial charge in [-0.25, -0.2) is 19.2 Å². The van der Waals surface area contributed by atoms with Gasteiger partial charge < -0.3 is 25.3 Å². The molecule has 0 bridgehead atoms. The van der Waals surface area contributed by atoms with Crippen LogP contribution in [-0.4, -0.2) is 44.3 Å². The SMILES string of the molecule is Cc1ccc(N2c3ccc(C=C(c4ccc(/C=C(\C#N)C(=O)O)cc4)c4ccc(/C=C(\C#N)C(=O)O)cc4)cc3Sc3cc(C=C(c4ccc(/C=C(\C#N)C(=O)O)cc4)c4ccc(/C=C(\C#N)C(=O)O)cc4)ccc32)cc1. The van der Waals surface area contributed by atoms with Crippen LogP contribution in [0, 0.1) is 52.2 Å². The van der Waals surface area contributed by atoms with E-state index in [0.29, 0.717) is 22.3 Å². The van der Waals surface area contributed by atoms with E-state index in [4.69, 9.17) is 0 Å². The molecular weight excluding hydrogens is 987 g/mol. The molecule has 1 heterocycles. The van der Waals surface area contributed by atoms with Gasteiger partial charge >= 0.3 is 23.9 Å². The van der Waals surface area contributed by atoms with Crippen molar-refractivity contribution in [1.82, 2.24) is 0 Å². The molecule has 0 saturated heterocycles. The van der Waals surface area contributed by atoms with Crippen LogP contribution in [-0.2, 0) is 19.2 Å². The van der Waals surface area contributed by atoms with Crippen LogP contribution in [0.15, 0.2) is 190 Å². The van der Waals surface area contributed by atoms with Crippen molar-refractivity contribution < 1.29 is 39.6 Å². The van der Waals surface area contributed by atoms with E-state index in [1.54, 1.807) is 84.6 Å². The summed E-state index contributed by atoms with van der Waals surface area (Å²) in [4.78, 5) is 50.5. The number of carboxylic acid groups (broad SMARTS) is 4. The normalized spacial score (nSPS) is 12.0. The largest absolute Gasteiger partial charge is 0.477 e. The first-order chi connectivity index (χ1) is 37.1. The minimum atomic E-state index is -1.35. The summed E-state index contributed by atoms with van der Waals surface area (Å²) in [5.74, 6) is -5.38. The average Bonchev–Trinajstić information content (AvgIpc) is 3.45. The Bertz CT molecular complexity index is 3510. The highest BCUT2D eigenvalue weighted by molar-refractivity contribution is 7.99. The molecule has 13 nitrogen and oxygen atoms in total. The fourth-order valence-electron chi connectivity index (χ4n) is 8.26. The monoisotopic (exact) mass is 1030 g/mol. The Labute approximate surface area is 446 Å². The average molecular weight is 1030 g/mol. The molecule has 370 valence electrons. The molecule has 0 aromatic heterocycles. The Balaban J connectivity index is 1.25. The Kier molecular flexibility index (Phi) is 15.8. The van der Waals surface area contributed by atoms with Gasteiger partial charge in [-0.2, -0.15) is 21.0 Å². The predicted molar refractivity (Wildman–Crippen MR) is 295 cm³/mol. The summed E-state index contributed by atoms with van der Waals surface area (Å²) in [6, 6.07) is 55.5. The van der Waals surface area contributed by atoms with Crippen molar-refractivity contribution in [3.63, 3.8) is 0 Å². The van der Waals surface area contributed by atoms with Gasteiger partial charge in [0, 0.05) is 15.5 Å². The fourth-order valence-corrected chi connectivity index (χ4v) is 9.42. The lowest BCUT2D eigenvalue weighted by atomic mass is 9.93. The number of fused-ring (bicyclic) bond motifs is 2. The first kappa shape index (κ1) is 52.3. The lowest BCUT2D eigenvalue weighted by Crippen LogP contribution is -2.15. The van der Waals surface area contributed by atoms with Crippen LogP contribution in [0.2, 0.25) is 0 Å². The van der Waals surface area contributed by atoms with E-state index in [-0.39, 0.29) is 0 Å². The number of aliphatic carboxylic acids is 4. The molecule has 0 radical (unpaired) electrons. The predicted octanol–water partition coefficient (Wildman–Crippen LogP) is 13.1. The van der Waals surface area contributed by atoms with Crippen LogP contribution < -0.4 is 4.90 Å². The number of aryl methyl sites for hydroxylation is 1. The Hall–Kier alpha value is -11.0. The van der Waals surface area contributed by atoms with Crippen molar-refractivity contribution in [3.05, 3.63) is 241 Å². The maximum absolute atomic E-state index is 11.6. The maximum atomic E-state index is 11.6. The standard InChI is InChI=1S/C63H39N5O8S/c1-38-2-22-53(23-3-38)68-56-24-12-43(30-54(45-14-4-39(5-15-45)26-49(34-64)60(69)70)46-16-6-40(7-17-46)27-50(35-65)61(71)72)32-58(56)77-59-33-44(13-25-57(59)68)31-55(47-18-8-41(9-19-47)28-51(36-66)62(73)74)48-20-10-42(11-21-48)29-52(37-67)63(75)76/h2-33H,1H3,(H,69,70)(H,71,72)(H,73,74)(H,75,76)/b49-26+,50-27+,51-28+,52-29+. The molecule has 1 aliphatic rings. The summed E-state index contributed by atoms with van der Waals surface area (Å²) in [7, 11) is 0. The third kappa shape index (κ3) is 12.3. The Morgan fingerprint density at radius 1 is 0.390 bits per heavy atom. The highest BCUT2D eigenvalue weighted by atomic mass is 32.2. The minimum Gasteiger partial charge on any atom is -0.477 e. The molecule has 1 aliphatic heterocycles. The number of nitriles is 4. The first-order valence-corrected chi connectivity index (χ1v) is 24.0. The summed E-state index contributed by atoms with van der Waals surface area (Å²) >= 11 is 1.57. The Morgan fingerprint density at radius 3 is 0.922 bits per heavy atom. The molecule has 0 spiro atoms. The molecular formula is C63H39N5O8S. The van der Waals surface area contributed by atoms with Crippen LogP contribution in [0.5, 0.6) is 0 Å². The van der Waals surface area contributed by atoms with Crippen molar-refractivity contribution in [3.8, 4) is 24.3 Å². The lowest BCUT2D eigenvalue weighted by molar-refractivity contribution is -0.133. The van der Waals surface area contributed by atoms with Crippen molar-refractivity contribution in [2.75, 3.05) is 4.90 Å². The molecule has 14 heteroatoms. The number of nitrogens with zero attached hydrogens (tertiary/aromatic N) is 5. The number of benzene rings is 7. The molecule has 8 rings (SSSR count). The highest BCUT2D eigenvalue weighted by Gasteiger charge is 2.26. The van der Waals surface area contributed by atoms with Crippen molar-refractivity contribution in [1.29, 1.82) is 21.0 Å². The zero-order valence-corrected chi connectivity index (χ0v) is 41.4. The summed E-state index contributed by atoms with van der Waals surface area (Å²) in [6.45, 7) is 2.02. The number of rotatable bonds is 15. The lowest BCUT2D eigenvalue weighted by Gasteiger charge is -2.33. The molecule has 7 aromatic carbocycles. The molecule has 0 atom stereocenters. The second-order valence-electron chi connectivity index (χ2n) is 17.2. The summed E-state index contributed by atoms with van der Waals surface area (Å²) in [6.07, 6.45) is 9.17. The number of hydrogen-bond donors (Lipinski definition) is 4. The summed E-state index contributed by atoms with van der Waals surface area (Å²) < 4.78 is 0. The first-order valence-electron chi connectivity index (χ1n) is 23.2. The van der Waals surface area contributed by atoms with Gasteiger partial charge in [-0.15, -0.1) is 0 Å². The van der Waals surface area contributed by atoms with Gasteiger partial charge in [0.2, 0.25) is 0 Å². The molecule has 0 saturated carbocycles. The number of hydrogen-bond acceptors (Lipinski definition) is 10. The summed E-state index contributed by atoms with van der Waals surface area (Å²) in [5, 5.41) is 75.4. The van der Waals surface area contributed by atoms with E-state index in [0.717, 1.165) is 76.9 Å². The molecule has 0 fully saturated rings. The van der Waals surface area contributed by atoms with Crippen LogP contribution in [0.3, 0.4) is 0 Å². The maximum Gasteiger partial charge on any atom is 0.346 e. The van der Waals surface area contributed by atoms with E-state index in [2.05, 4.69) is 41.3 Å². The van der Waals surface area contributed by atoms with Crippen LogP contribution in [0.25, 0.3) is 47.6 Å². The van der Waals surface area contributed by atoms with Gasteiger partial charge in [0.1, 0.15) is 46.6 Å². The van der Waals surface area contributed by atoms with Crippen LogP contribution >= 0.6 is 11.8 Å². The van der Waals surface area contributed by atoms with E-state index < -0.39 is 46.2 Å². The Morgan fingerprint density at radius 2 is 0.662 bits per heavy atom. The second-order valence-corrected chi connectivity index (χ2v) is 18.3. The fraction of sp³-hybridized carbons (Fsp3) is 0.0159. The summed E-state index contributed by atoms with van der Waals surface area (Å²) in [5.41, 5.74) is 10.4. The van der Waals surface area contributed by atoms with E-state index in [1.807, 2.05) is 91.9 Å². The van der Waals surface area contributed by atoms with Gasteiger partial charge in [-0.3, -0.25) is 0 Å². The zero-order valence-electron chi connectivity index (χ0n) is 40.5. The van der Waals surface area contributed by atoms with Gasteiger partial charge in [-0.05, 0) is 147 Å². The van der Waals surface area contributed by atoms with Gasteiger partial charge in [-0.1, -0.05) is 139 Å². The second kappa shape index (κ2) is 23.2. The van der Waals surface area contributed by atoms with Gasteiger partial charge in [0.15, 0.2) is 0 Å². The van der Waals surface area contributed by atoms with E-state index >= 15 is 0 Å². The van der Waals surface area contributed by atoms with Crippen LogP contribution in [0.4, 0.5) is 17.1 Å². The molecule has 0 aliphatic carbocycles. The van der Waals surface area contributed by atoms with E-state index in [9.17, 15) is 60.7 Å². The third-order valence-electron chi connectivity index (χ3n) is 12.1. The number of anilines is 3. The van der Waals surface area contributed by atoms with Crippen LogP contribution in [0.1, 0.15) is 61.2 Å². The van der Waals surface area contributed by atoms with E-state index in [1.165, 1.54) is 24.3 Å². The zero-order chi connectivity index (χ0) is 54.8. The molecule has 77 heavy (non-hydrogen) atoms. The number of carboxylic acids is 4. The molecule has 7 aromatic rings.